The quantitative estimate of drug-likeness (QED) is 0.0287. The van der Waals surface area contributed by atoms with Crippen molar-refractivity contribution in [2.75, 3.05) is 41.0 Å². The Morgan fingerprint density at radius 2 is 0.982 bits per heavy atom. The standard InChI is InChI=1S/C49H81NO7/c1-6-8-10-12-14-16-18-20-21-22-23-24-25-26-27-28-30-32-34-36-38-40-48(52)57-45(43-55-42-41-46(49(53)54)50(3,4)5)44-56-47(51)39-37-35-33-31-29-19-17-15-13-11-9-7-2/h9,11,14-17,20-21,23-24,26-27,30,32,45-46H,6-8,10,12-13,18-19,22,25,28-29,31,33-44H2,1-5H3/p+1/b11-9+,16-14+,17-15+,21-20+,24-23+,27-26+,32-30+. The molecule has 0 bridgehead atoms. The van der Waals surface area contributed by atoms with Crippen LogP contribution in [0, 0.1) is 0 Å². The third-order valence-corrected chi connectivity index (χ3v) is 9.28. The predicted octanol–water partition coefficient (Wildman–Crippen LogP) is 12.1. The Hall–Kier alpha value is -3.49. The molecule has 0 aromatic heterocycles. The van der Waals surface area contributed by atoms with Crippen molar-refractivity contribution in [3.05, 3.63) is 85.1 Å². The van der Waals surface area contributed by atoms with Crippen LogP contribution in [0.5, 0.6) is 0 Å². The van der Waals surface area contributed by atoms with Crippen molar-refractivity contribution in [1.29, 1.82) is 0 Å². The number of allylic oxidation sites excluding steroid dienone is 14. The summed E-state index contributed by atoms with van der Waals surface area (Å²) in [6.07, 6.45) is 50.6. The lowest BCUT2D eigenvalue weighted by Crippen LogP contribution is -2.50. The summed E-state index contributed by atoms with van der Waals surface area (Å²) in [4.78, 5) is 36.9. The first-order chi connectivity index (χ1) is 27.6. The van der Waals surface area contributed by atoms with E-state index in [1.807, 2.05) is 21.1 Å². The molecule has 0 heterocycles. The third-order valence-electron chi connectivity index (χ3n) is 9.28. The van der Waals surface area contributed by atoms with Crippen molar-refractivity contribution < 1.29 is 38.2 Å². The van der Waals surface area contributed by atoms with Crippen LogP contribution in [0.3, 0.4) is 0 Å². The zero-order valence-corrected chi connectivity index (χ0v) is 36.8. The van der Waals surface area contributed by atoms with E-state index in [0.717, 1.165) is 89.9 Å². The Morgan fingerprint density at radius 1 is 0.544 bits per heavy atom. The van der Waals surface area contributed by atoms with Gasteiger partial charge in [0.2, 0.25) is 0 Å². The van der Waals surface area contributed by atoms with Crippen molar-refractivity contribution in [2.45, 2.75) is 167 Å². The highest BCUT2D eigenvalue weighted by Crippen LogP contribution is 2.12. The maximum atomic E-state index is 12.7. The highest BCUT2D eigenvalue weighted by atomic mass is 16.6. The van der Waals surface area contributed by atoms with Gasteiger partial charge in [0.25, 0.3) is 0 Å². The Morgan fingerprint density at radius 3 is 1.49 bits per heavy atom. The van der Waals surface area contributed by atoms with Crippen LogP contribution >= 0.6 is 0 Å². The summed E-state index contributed by atoms with van der Waals surface area (Å²) in [6.45, 7) is 4.51. The number of carbonyl (C=O) groups is 3. The van der Waals surface area contributed by atoms with Gasteiger partial charge in [-0.25, -0.2) is 4.79 Å². The number of carboxylic acid groups (broad SMARTS) is 1. The van der Waals surface area contributed by atoms with Gasteiger partial charge in [0.05, 0.1) is 34.4 Å². The Kier molecular flexibility index (Phi) is 36.9. The molecule has 0 aliphatic rings. The van der Waals surface area contributed by atoms with Gasteiger partial charge in [-0.2, -0.15) is 0 Å². The average Bonchev–Trinajstić information content (AvgIpc) is 3.17. The van der Waals surface area contributed by atoms with Gasteiger partial charge in [0.15, 0.2) is 12.1 Å². The molecule has 0 aliphatic carbocycles. The lowest BCUT2D eigenvalue weighted by atomic mass is 10.1. The highest BCUT2D eigenvalue weighted by molar-refractivity contribution is 5.72. The highest BCUT2D eigenvalue weighted by Gasteiger charge is 2.31. The number of rotatable bonds is 38. The zero-order chi connectivity index (χ0) is 42.1. The molecule has 0 saturated heterocycles. The molecule has 1 N–H and O–H groups in total. The molecule has 0 aromatic carbocycles. The number of ether oxygens (including phenoxy) is 3. The van der Waals surface area contributed by atoms with Gasteiger partial charge in [-0.3, -0.25) is 9.59 Å². The molecule has 0 amide bonds. The predicted molar refractivity (Wildman–Crippen MR) is 238 cm³/mol. The van der Waals surface area contributed by atoms with Crippen molar-refractivity contribution in [3.8, 4) is 0 Å². The molecule has 0 radical (unpaired) electrons. The maximum absolute atomic E-state index is 12.7. The molecule has 2 atom stereocenters. The number of hydrogen-bond donors (Lipinski definition) is 1. The molecule has 0 spiro atoms. The van der Waals surface area contributed by atoms with Crippen molar-refractivity contribution >= 4 is 17.9 Å². The van der Waals surface area contributed by atoms with Crippen LogP contribution in [0.25, 0.3) is 0 Å². The van der Waals surface area contributed by atoms with E-state index in [0.29, 0.717) is 19.3 Å². The van der Waals surface area contributed by atoms with E-state index in [-0.39, 0.29) is 42.7 Å². The van der Waals surface area contributed by atoms with Crippen LogP contribution in [0.15, 0.2) is 85.1 Å². The second-order valence-corrected chi connectivity index (χ2v) is 15.6. The molecule has 2 unspecified atom stereocenters. The van der Waals surface area contributed by atoms with E-state index in [9.17, 15) is 19.5 Å². The van der Waals surface area contributed by atoms with Crippen LogP contribution in [0.4, 0.5) is 0 Å². The molecule has 8 heteroatoms. The number of carbonyl (C=O) groups excluding carboxylic acids is 2. The molecule has 8 nitrogen and oxygen atoms in total. The minimum absolute atomic E-state index is 0.0338. The van der Waals surface area contributed by atoms with E-state index in [1.165, 1.54) is 25.7 Å². The SMILES string of the molecule is CC/C=C/C/C=C/CCCCCCCC(=O)OCC(COCCC(C(=O)O)[N+](C)(C)C)OC(=O)CCCC/C=C/C/C=C/C/C=C/C/C=C/C/C=C/CCCCC. The average molecular weight is 797 g/mol. The number of hydrogen-bond acceptors (Lipinski definition) is 6. The number of aliphatic carboxylic acids is 1. The molecule has 0 rings (SSSR count). The summed E-state index contributed by atoms with van der Waals surface area (Å²) in [5, 5.41) is 9.61. The molecule has 0 aliphatic heterocycles. The minimum atomic E-state index is -0.888. The lowest BCUT2D eigenvalue weighted by molar-refractivity contribution is -0.887. The minimum Gasteiger partial charge on any atom is -0.477 e. The smallest absolute Gasteiger partial charge is 0.362 e. The number of nitrogens with zero attached hydrogens (tertiary/aromatic N) is 1. The normalized spacial score (nSPS) is 13.8. The van der Waals surface area contributed by atoms with Gasteiger partial charge in [-0.05, 0) is 89.9 Å². The molecule has 0 aromatic rings. The van der Waals surface area contributed by atoms with E-state index >= 15 is 0 Å². The van der Waals surface area contributed by atoms with Crippen molar-refractivity contribution in [3.63, 3.8) is 0 Å². The second-order valence-electron chi connectivity index (χ2n) is 15.6. The van der Waals surface area contributed by atoms with Crippen LogP contribution in [-0.2, 0) is 28.6 Å². The van der Waals surface area contributed by atoms with E-state index in [2.05, 4.69) is 98.9 Å². The number of likely N-dealkylation sites (N-methyl/N-ethyl adjacent to an activating group) is 1. The number of esters is 2. The van der Waals surface area contributed by atoms with Crippen molar-refractivity contribution in [1.82, 2.24) is 0 Å². The Bertz CT molecular complexity index is 1200. The molecule has 0 saturated carbocycles. The largest absolute Gasteiger partial charge is 0.477 e. The van der Waals surface area contributed by atoms with Gasteiger partial charge in [0.1, 0.15) is 6.61 Å². The van der Waals surface area contributed by atoms with Gasteiger partial charge in [-0.1, -0.05) is 131 Å². The Labute approximate surface area is 348 Å². The summed E-state index contributed by atoms with van der Waals surface area (Å²) in [6, 6.07) is -0.629. The van der Waals surface area contributed by atoms with E-state index in [1.54, 1.807) is 0 Å². The fraction of sp³-hybridized carbons (Fsp3) is 0.653. The topological polar surface area (TPSA) is 99.1 Å². The summed E-state index contributed by atoms with van der Waals surface area (Å²) in [5.41, 5.74) is 0. The Balaban J connectivity index is 4.45. The monoisotopic (exact) mass is 797 g/mol. The molecular weight excluding hydrogens is 715 g/mol. The van der Waals surface area contributed by atoms with Crippen LogP contribution in [-0.4, -0.2) is 80.6 Å². The van der Waals surface area contributed by atoms with Gasteiger partial charge < -0.3 is 23.8 Å². The summed E-state index contributed by atoms with van der Waals surface area (Å²) in [5.74, 6) is -1.56. The van der Waals surface area contributed by atoms with Gasteiger partial charge >= 0.3 is 17.9 Å². The maximum Gasteiger partial charge on any atom is 0.362 e. The zero-order valence-electron chi connectivity index (χ0n) is 36.8. The van der Waals surface area contributed by atoms with Crippen LogP contribution < -0.4 is 0 Å². The first-order valence-electron chi connectivity index (χ1n) is 22.1. The molecule has 57 heavy (non-hydrogen) atoms. The first kappa shape index (κ1) is 53.5. The van der Waals surface area contributed by atoms with E-state index < -0.39 is 18.1 Å². The van der Waals surface area contributed by atoms with Crippen LogP contribution in [0.2, 0.25) is 0 Å². The van der Waals surface area contributed by atoms with Gasteiger partial charge in [0, 0.05) is 19.3 Å². The molecule has 324 valence electrons. The number of carboxylic acids is 1. The number of unbranched alkanes of at least 4 members (excludes halogenated alkanes) is 10. The third kappa shape index (κ3) is 37.8. The lowest BCUT2D eigenvalue weighted by Gasteiger charge is -2.31. The van der Waals surface area contributed by atoms with Crippen LogP contribution in [0.1, 0.15) is 155 Å². The molecular formula is C49H82NO7+. The van der Waals surface area contributed by atoms with Gasteiger partial charge in [-0.15, -0.1) is 0 Å². The summed E-state index contributed by atoms with van der Waals surface area (Å²) >= 11 is 0. The first-order valence-corrected chi connectivity index (χ1v) is 22.1. The summed E-state index contributed by atoms with van der Waals surface area (Å²) < 4.78 is 17.2. The summed E-state index contributed by atoms with van der Waals surface area (Å²) in [7, 11) is 5.49. The molecule has 0 fully saturated rings. The van der Waals surface area contributed by atoms with Crippen molar-refractivity contribution in [2.24, 2.45) is 0 Å². The fourth-order valence-corrected chi connectivity index (χ4v) is 5.85. The number of quaternary nitrogens is 1. The second kappa shape index (κ2) is 39.3. The van der Waals surface area contributed by atoms with E-state index in [4.69, 9.17) is 14.2 Å². The fourth-order valence-electron chi connectivity index (χ4n) is 5.85.